The maximum absolute atomic E-state index is 5.18. The van der Waals surface area contributed by atoms with Gasteiger partial charge in [-0.2, -0.15) is 15.1 Å². The van der Waals surface area contributed by atoms with Crippen molar-refractivity contribution in [3.05, 3.63) is 36.0 Å². The van der Waals surface area contributed by atoms with E-state index in [0.29, 0.717) is 18.3 Å². The number of anilines is 3. The lowest BCUT2D eigenvalue weighted by Gasteiger charge is -2.15. The molecule has 3 aromatic rings. The van der Waals surface area contributed by atoms with E-state index in [1.165, 1.54) is 5.56 Å². The zero-order valence-electron chi connectivity index (χ0n) is 14.8. The SMILES string of the molecule is COC(CNc1nc(Nc2cccc(C)c2)c2cnn(C)c2n1)OC. The highest BCUT2D eigenvalue weighted by atomic mass is 16.7. The standard InChI is InChI=1S/C17H22N6O2/c1-11-6-5-7-12(8-11)20-15-13-9-19-23(2)16(13)22-17(21-15)18-10-14(24-3)25-4/h5-9,14H,10H2,1-4H3,(H2,18,20,21,22). The molecule has 0 fully saturated rings. The number of hydrogen-bond acceptors (Lipinski definition) is 7. The largest absolute Gasteiger partial charge is 0.354 e. The van der Waals surface area contributed by atoms with Crippen LogP contribution in [0.2, 0.25) is 0 Å². The van der Waals surface area contributed by atoms with Gasteiger partial charge in [0.05, 0.1) is 18.1 Å². The van der Waals surface area contributed by atoms with Gasteiger partial charge in [0.25, 0.3) is 0 Å². The van der Waals surface area contributed by atoms with Gasteiger partial charge in [0, 0.05) is 27.0 Å². The quantitative estimate of drug-likeness (QED) is 0.638. The smallest absolute Gasteiger partial charge is 0.226 e. The van der Waals surface area contributed by atoms with Crippen molar-refractivity contribution < 1.29 is 9.47 Å². The molecule has 0 aliphatic heterocycles. The number of aromatic nitrogens is 4. The summed E-state index contributed by atoms with van der Waals surface area (Å²) in [7, 11) is 5.03. The second kappa shape index (κ2) is 7.45. The van der Waals surface area contributed by atoms with Gasteiger partial charge in [-0.3, -0.25) is 4.68 Å². The van der Waals surface area contributed by atoms with E-state index in [1.54, 1.807) is 25.1 Å². The monoisotopic (exact) mass is 342 g/mol. The summed E-state index contributed by atoms with van der Waals surface area (Å²) in [6.45, 7) is 2.48. The van der Waals surface area contributed by atoms with Crippen molar-refractivity contribution in [2.45, 2.75) is 13.2 Å². The zero-order valence-corrected chi connectivity index (χ0v) is 14.8. The Bertz CT molecular complexity index is 859. The van der Waals surface area contributed by atoms with Crippen LogP contribution in [0.15, 0.2) is 30.5 Å². The van der Waals surface area contributed by atoms with Gasteiger partial charge in [-0.25, -0.2) is 0 Å². The zero-order chi connectivity index (χ0) is 17.8. The summed E-state index contributed by atoms with van der Waals surface area (Å²) in [4.78, 5) is 9.10. The number of rotatable bonds is 7. The molecule has 0 radical (unpaired) electrons. The fourth-order valence-corrected chi connectivity index (χ4v) is 2.49. The Morgan fingerprint density at radius 2 is 2.00 bits per heavy atom. The molecule has 0 atom stereocenters. The molecule has 2 heterocycles. The number of nitrogens with one attached hydrogen (secondary N) is 2. The minimum absolute atomic E-state index is 0.376. The molecule has 0 saturated heterocycles. The van der Waals surface area contributed by atoms with Crippen molar-refractivity contribution >= 4 is 28.5 Å². The first-order chi connectivity index (χ1) is 12.1. The summed E-state index contributed by atoms with van der Waals surface area (Å²) >= 11 is 0. The summed E-state index contributed by atoms with van der Waals surface area (Å²) in [5.74, 6) is 1.17. The van der Waals surface area contributed by atoms with Gasteiger partial charge >= 0.3 is 0 Å². The van der Waals surface area contributed by atoms with E-state index >= 15 is 0 Å². The number of fused-ring (bicyclic) bond motifs is 1. The molecule has 0 spiro atoms. The topological polar surface area (TPSA) is 86.1 Å². The molecule has 3 rings (SSSR count). The maximum Gasteiger partial charge on any atom is 0.226 e. The molecule has 1 aromatic carbocycles. The minimum atomic E-state index is -0.376. The van der Waals surface area contributed by atoms with Crippen LogP contribution in [0, 0.1) is 6.92 Å². The van der Waals surface area contributed by atoms with Gasteiger partial charge in [-0.15, -0.1) is 0 Å². The molecular formula is C17H22N6O2. The second-order valence-electron chi connectivity index (χ2n) is 5.68. The van der Waals surface area contributed by atoms with Gasteiger partial charge in [0.2, 0.25) is 5.95 Å². The Labute approximate surface area is 146 Å². The lowest BCUT2D eigenvalue weighted by atomic mass is 10.2. The molecule has 0 amide bonds. The summed E-state index contributed by atoms with van der Waals surface area (Å²) < 4.78 is 12.1. The van der Waals surface area contributed by atoms with E-state index in [2.05, 4.69) is 31.8 Å². The Hall–Kier alpha value is -2.71. The highest BCUT2D eigenvalue weighted by molar-refractivity contribution is 5.89. The average Bonchev–Trinajstić information content (AvgIpc) is 2.97. The molecule has 0 saturated carbocycles. The lowest BCUT2D eigenvalue weighted by molar-refractivity contribution is -0.0914. The van der Waals surface area contributed by atoms with E-state index in [0.717, 1.165) is 16.7 Å². The third kappa shape index (κ3) is 3.86. The summed E-state index contributed by atoms with van der Waals surface area (Å²) in [6, 6.07) is 8.10. The molecule has 8 heteroatoms. The first-order valence-corrected chi connectivity index (χ1v) is 7.93. The number of nitrogens with zero attached hydrogens (tertiary/aromatic N) is 4. The predicted molar refractivity (Wildman–Crippen MR) is 97.1 cm³/mol. The van der Waals surface area contributed by atoms with Crippen LogP contribution < -0.4 is 10.6 Å². The Morgan fingerprint density at radius 3 is 2.72 bits per heavy atom. The predicted octanol–water partition coefficient (Wildman–Crippen LogP) is 2.45. The summed E-state index contributed by atoms with van der Waals surface area (Å²) in [5, 5.41) is 11.6. The van der Waals surface area contributed by atoms with Crippen molar-refractivity contribution in [2.75, 3.05) is 31.4 Å². The van der Waals surface area contributed by atoms with Crippen molar-refractivity contribution in [3.8, 4) is 0 Å². The van der Waals surface area contributed by atoms with Gasteiger partial charge in [0.1, 0.15) is 5.82 Å². The number of benzene rings is 1. The molecule has 0 unspecified atom stereocenters. The average molecular weight is 342 g/mol. The van der Waals surface area contributed by atoms with Gasteiger partial charge < -0.3 is 20.1 Å². The molecule has 8 nitrogen and oxygen atoms in total. The van der Waals surface area contributed by atoms with E-state index in [9.17, 15) is 0 Å². The van der Waals surface area contributed by atoms with Crippen LogP contribution in [0.4, 0.5) is 17.5 Å². The molecule has 0 aliphatic carbocycles. The molecular weight excluding hydrogens is 320 g/mol. The fourth-order valence-electron chi connectivity index (χ4n) is 2.49. The molecule has 2 aromatic heterocycles. The van der Waals surface area contributed by atoms with Crippen LogP contribution in [0.3, 0.4) is 0 Å². The van der Waals surface area contributed by atoms with E-state index in [1.807, 2.05) is 32.2 Å². The minimum Gasteiger partial charge on any atom is -0.354 e. The van der Waals surface area contributed by atoms with Crippen LogP contribution in [-0.4, -0.2) is 46.8 Å². The normalized spacial score (nSPS) is 11.2. The van der Waals surface area contributed by atoms with Crippen molar-refractivity contribution in [3.63, 3.8) is 0 Å². The van der Waals surface area contributed by atoms with E-state index < -0.39 is 0 Å². The third-order valence-electron chi connectivity index (χ3n) is 3.83. The summed E-state index contributed by atoms with van der Waals surface area (Å²) in [6.07, 6.45) is 1.38. The number of hydrogen-bond donors (Lipinski definition) is 2. The van der Waals surface area contributed by atoms with E-state index in [-0.39, 0.29) is 6.29 Å². The Morgan fingerprint density at radius 1 is 1.20 bits per heavy atom. The highest BCUT2D eigenvalue weighted by Crippen LogP contribution is 2.25. The summed E-state index contributed by atoms with van der Waals surface area (Å²) in [5.41, 5.74) is 2.86. The first kappa shape index (κ1) is 17.1. The fraction of sp³-hybridized carbons (Fsp3) is 0.353. The molecule has 25 heavy (non-hydrogen) atoms. The molecule has 2 N–H and O–H groups in total. The van der Waals surface area contributed by atoms with Crippen molar-refractivity contribution in [1.29, 1.82) is 0 Å². The van der Waals surface area contributed by atoms with Crippen molar-refractivity contribution in [2.24, 2.45) is 7.05 Å². The first-order valence-electron chi connectivity index (χ1n) is 7.93. The van der Waals surface area contributed by atoms with Gasteiger partial charge in [-0.1, -0.05) is 12.1 Å². The molecule has 0 aliphatic rings. The molecule has 0 bridgehead atoms. The van der Waals surface area contributed by atoms with Gasteiger partial charge in [-0.05, 0) is 24.6 Å². The van der Waals surface area contributed by atoms with Crippen molar-refractivity contribution in [1.82, 2.24) is 19.7 Å². The maximum atomic E-state index is 5.18. The Kier molecular flexibility index (Phi) is 5.11. The number of methoxy groups -OCH3 is 2. The van der Waals surface area contributed by atoms with Crippen LogP contribution >= 0.6 is 0 Å². The van der Waals surface area contributed by atoms with Crippen LogP contribution in [0.5, 0.6) is 0 Å². The molecule has 132 valence electrons. The lowest BCUT2D eigenvalue weighted by Crippen LogP contribution is -2.24. The van der Waals surface area contributed by atoms with Crippen LogP contribution in [0.25, 0.3) is 11.0 Å². The third-order valence-corrected chi connectivity index (χ3v) is 3.83. The second-order valence-corrected chi connectivity index (χ2v) is 5.68. The number of ether oxygens (including phenoxy) is 2. The van der Waals surface area contributed by atoms with Crippen LogP contribution in [0.1, 0.15) is 5.56 Å². The van der Waals surface area contributed by atoms with Gasteiger partial charge in [0.15, 0.2) is 11.9 Å². The number of aryl methyl sites for hydroxylation is 2. The highest BCUT2D eigenvalue weighted by Gasteiger charge is 2.13. The van der Waals surface area contributed by atoms with E-state index in [4.69, 9.17) is 9.47 Å². The van der Waals surface area contributed by atoms with Crippen LogP contribution in [-0.2, 0) is 16.5 Å². The Balaban J connectivity index is 1.93.